The molecule has 1 amide bonds. The molecule has 0 saturated heterocycles. The molecular weight excluding hydrogens is 253 g/mol. The van der Waals surface area contributed by atoms with Gasteiger partial charge in [-0.3, -0.25) is 4.79 Å². The molecule has 0 aliphatic heterocycles. The largest absolute Gasteiger partial charge is 0.497 e. The number of tetrazole rings is 1. The summed E-state index contributed by atoms with van der Waals surface area (Å²) in [6.07, 6.45) is 0. The van der Waals surface area contributed by atoms with Crippen molar-refractivity contribution >= 4 is 5.91 Å². The summed E-state index contributed by atoms with van der Waals surface area (Å²) in [4.78, 5) is 11.9. The Bertz CT molecular complexity index is 572. The summed E-state index contributed by atoms with van der Waals surface area (Å²) in [6.45, 7) is 1.67. The van der Waals surface area contributed by atoms with Crippen LogP contribution in [0, 0.1) is 5.82 Å². The van der Waals surface area contributed by atoms with Crippen molar-refractivity contribution < 1.29 is 13.9 Å². The van der Waals surface area contributed by atoms with Crippen LogP contribution in [0.3, 0.4) is 0 Å². The zero-order valence-electron chi connectivity index (χ0n) is 10.3. The summed E-state index contributed by atoms with van der Waals surface area (Å²) >= 11 is 0. The molecule has 1 atom stereocenters. The molecule has 0 spiro atoms. The van der Waals surface area contributed by atoms with Crippen molar-refractivity contribution in [3.05, 3.63) is 35.4 Å². The van der Waals surface area contributed by atoms with E-state index >= 15 is 0 Å². The molecule has 0 fully saturated rings. The number of nitrogens with one attached hydrogen (secondary N) is 2. The standard InChI is InChI=1S/C11H12FN5O2/c1-6(10-14-16-17-15-10)13-11(18)8-4-3-7(19-2)5-9(8)12/h3-6H,1-2H3,(H,13,18)(H,14,15,16,17). The Kier molecular flexibility index (Phi) is 3.69. The van der Waals surface area contributed by atoms with Crippen LogP contribution in [0.15, 0.2) is 18.2 Å². The maximum atomic E-state index is 13.7. The first-order valence-corrected chi connectivity index (χ1v) is 5.49. The minimum absolute atomic E-state index is 0.0730. The molecule has 0 saturated carbocycles. The number of methoxy groups -OCH3 is 1. The second-order valence-electron chi connectivity index (χ2n) is 3.81. The molecule has 0 aliphatic carbocycles. The molecule has 0 bridgehead atoms. The number of hydrogen-bond acceptors (Lipinski definition) is 5. The van der Waals surface area contributed by atoms with Crippen LogP contribution < -0.4 is 10.1 Å². The van der Waals surface area contributed by atoms with Crippen LogP contribution in [0.4, 0.5) is 4.39 Å². The first-order valence-electron chi connectivity index (χ1n) is 5.49. The van der Waals surface area contributed by atoms with Gasteiger partial charge in [0.1, 0.15) is 11.6 Å². The minimum atomic E-state index is -0.655. The van der Waals surface area contributed by atoms with Crippen LogP contribution in [0.5, 0.6) is 5.75 Å². The highest BCUT2D eigenvalue weighted by atomic mass is 19.1. The second-order valence-corrected chi connectivity index (χ2v) is 3.81. The summed E-state index contributed by atoms with van der Waals surface area (Å²) in [5.41, 5.74) is -0.0730. The zero-order chi connectivity index (χ0) is 13.8. The van der Waals surface area contributed by atoms with E-state index in [-0.39, 0.29) is 5.56 Å². The SMILES string of the molecule is COc1ccc(C(=O)NC(C)c2nn[nH]n2)c(F)c1. The van der Waals surface area contributed by atoms with E-state index in [9.17, 15) is 9.18 Å². The molecule has 2 N–H and O–H groups in total. The van der Waals surface area contributed by atoms with E-state index in [1.54, 1.807) is 6.92 Å². The first kappa shape index (κ1) is 12.9. The first-order chi connectivity index (χ1) is 9.11. The van der Waals surface area contributed by atoms with Gasteiger partial charge in [-0.2, -0.15) is 5.21 Å². The van der Waals surface area contributed by atoms with Crippen LogP contribution >= 0.6 is 0 Å². The zero-order valence-corrected chi connectivity index (χ0v) is 10.3. The monoisotopic (exact) mass is 265 g/mol. The molecule has 0 aliphatic rings. The number of benzene rings is 1. The van der Waals surface area contributed by atoms with Gasteiger partial charge in [0, 0.05) is 6.07 Å². The number of amides is 1. The van der Waals surface area contributed by atoms with Gasteiger partial charge in [-0.1, -0.05) is 5.21 Å². The summed E-state index contributed by atoms with van der Waals surface area (Å²) in [7, 11) is 1.42. The number of halogens is 1. The number of H-pyrrole nitrogens is 1. The fourth-order valence-electron chi connectivity index (χ4n) is 1.50. The topological polar surface area (TPSA) is 92.8 Å². The van der Waals surface area contributed by atoms with Gasteiger partial charge >= 0.3 is 0 Å². The fourth-order valence-corrected chi connectivity index (χ4v) is 1.50. The van der Waals surface area contributed by atoms with Crippen LogP contribution in [0.1, 0.15) is 29.1 Å². The van der Waals surface area contributed by atoms with Crippen molar-refractivity contribution in [3.63, 3.8) is 0 Å². The molecule has 2 rings (SSSR count). The van der Waals surface area contributed by atoms with E-state index in [1.807, 2.05) is 0 Å². The van der Waals surface area contributed by atoms with Crippen molar-refractivity contribution in [2.45, 2.75) is 13.0 Å². The van der Waals surface area contributed by atoms with E-state index in [2.05, 4.69) is 25.9 Å². The summed E-state index contributed by atoms with van der Waals surface area (Å²) in [5.74, 6) is -0.544. The Labute approximate surface area is 108 Å². The Morgan fingerprint density at radius 2 is 2.32 bits per heavy atom. The lowest BCUT2D eigenvalue weighted by atomic mass is 10.1. The summed E-state index contributed by atoms with van der Waals surface area (Å²) in [5, 5.41) is 15.7. The highest BCUT2D eigenvalue weighted by Gasteiger charge is 2.17. The Hall–Kier alpha value is -2.51. The van der Waals surface area contributed by atoms with Crippen molar-refractivity contribution in [2.75, 3.05) is 7.11 Å². The molecular formula is C11H12FN5O2. The van der Waals surface area contributed by atoms with E-state index in [0.29, 0.717) is 11.6 Å². The van der Waals surface area contributed by atoms with Crippen molar-refractivity contribution in [1.82, 2.24) is 25.9 Å². The molecule has 1 unspecified atom stereocenters. The molecule has 1 heterocycles. The van der Waals surface area contributed by atoms with Crippen molar-refractivity contribution in [2.24, 2.45) is 0 Å². The smallest absolute Gasteiger partial charge is 0.254 e. The fraction of sp³-hybridized carbons (Fsp3) is 0.273. The average Bonchev–Trinajstić information content (AvgIpc) is 2.92. The third kappa shape index (κ3) is 2.84. The number of nitrogens with zero attached hydrogens (tertiary/aromatic N) is 3. The minimum Gasteiger partial charge on any atom is -0.497 e. The number of carbonyl (C=O) groups is 1. The van der Waals surface area contributed by atoms with E-state index in [4.69, 9.17) is 4.74 Å². The number of aromatic nitrogens is 4. The number of carbonyl (C=O) groups excluding carboxylic acids is 1. The lowest BCUT2D eigenvalue weighted by Crippen LogP contribution is -2.28. The Balaban J connectivity index is 2.12. The van der Waals surface area contributed by atoms with Crippen LogP contribution in [0.25, 0.3) is 0 Å². The van der Waals surface area contributed by atoms with Gasteiger partial charge in [-0.15, -0.1) is 10.2 Å². The van der Waals surface area contributed by atoms with Gasteiger partial charge in [-0.25, -0.2) is 4.39 Å². The van der Waals surface area contributed by atoms with Gasteiger partial charge in [0.05, 0.1) is 18.7 Å². The highest BCUT2D eigenvalue weighted by Crippen LogP contribution is 2.17. The Morgan fingerprint density at radius 1 is 1.53 bits per heavy atom. The predicted molar refractivity (Wildman–Crippen MR) is 63.0 cm³/mol. The second kappa shape index (κ2) is 5.42. The predicted octanol–water partition coefficient (Wildman–Crippen LogP) is 0.838. The van der Waals surface area contributed by atoms with Gasteiger partial charge in [-0.05, 0) is 19.1 Å². The van der Waals surface area contributed by atoms with Crippen molar-refractivity contribution in [1.29, 1.82) is 0 Å². The number of ether oxygens (including phenoxy) is 1. The highest BCUT2D eigenvalue weighted by molar-refractivity contribution is 5.94. The van der Waals surface area contributed by atoms with E-state index in [0.717, 1.165) is 6.07 Å². The molecule has 8 heteroatoms. The maximum Gasteiger partial charge on any atom is 0.254 e. The maximum absolute atomic E-state index is 13.7. The van der Waals surface area contributed by atoms with Crippen molar-refractivity contribution in [3.8, 4) is 5.75 Å². The lowest BCUT2D eigenvalue weighted by Gasteiger charge is -2.11. The number of rotatable bonds is 4. The summed E-state index contributed by atoms with van der Waals surface area (Å²) in [6, 6.07) is 3.53. The number of hydrogen-bond donors (Lipinski definition) is 2. The third-order valence-electron chi connectivity index (χ3n) is 2.52. The lowest BCUT2D eigenvalue weighted by molar-refractivity contribution is 0.0934. The van der Waals surface area contributed by atoms with E-state index < -0.39 is 17.8 Å². The molecule has 19 heavy (non-hydrogen) atoms. The van der Waals surface area contributed by atoms with E-state index in [1.165, 1.54) is 19.2 Å². The molecule has 1 aromatic carbocycles. The molecule has 1 aromatic heterocycles. The van der Waals surface area contributed by atoms with Crippen LogP contribution in [-0.4, -0.2) is 33.6 Å². The quantitative estimate of drug-likeness (QED) is 0.854. The molecule has 100 valence electrons. The number of aromatic amines is 1. The van der Waals surface area contributed by atoms with Gasteiger partial charge in [0.2, 0.25) is 0 Å². The summed E-state index contributed by atoms with van der Waals surface area (Å²) < 4.78 is 18.6. The molecule has 7 nitrogen and oxygen atoms in total. The molecule has 2 aromatic rings. The average molecular weight is 265 g/mol. The van der Waals surface area contributed by atoms with Gasteiger partial charge in [0.25, 0.3) is 5.91 Å². The molecule has 0 radical (unpaired) electrons. The normalized spacial score (nSPS) is 11.9. The van der Waals surface area contributed by atoms with Gasteiger partial charge in [0.15, 0.2) is 5.82 Å². The van der Waals surface area contributed by atoms with Gasteiger partial charge < -0.3 is 10.1 Å². The van der Waals surface area contributed by atoms with Crippen LogP contribution in [0.2, 0.25) is 0 Å². The third-order valence-corrected chi connectivity index (χ3v) is 2.52. The Morgan fingerprint density at radius 3 is 2.89 bits per heavy atom. The van der Waals surface area contributed by atoms with Crippen LogP contribution in [-0.2, 0) is 0 Å².